The number of carboxylic acid groups (broad SMARTS) is 1. The van der Waals surface area contributed by atoms with Crippen LogP contribution >= 0.6 is 0 Å². The van der Waals surface area contributed by atoms with Crippen molar-refractivity contribution in [2.24, 2.45) is 11.8 Å². The van der Waals surface area contributed by atoms with Gasteiger partial charge >= 0.3 is 5.97 Å². The van der Waals surface area contributed by atoms with Gasteiger partial charge in [-0.05, 0) is 12.5 Å². The van der Waals surface area contributed by atoms with Crippen molar-refractivity contribution in [3.63, 3.8) is 0 Å². The molecule has 1 amide bonds. The fraction of sp³-hybridized carbons (Fsp3) is 0.417. The van der Waals surface area contributed by atoms with Crippen LogP contribution in [0, 0.1) is 11.8 Å². The molecule has 1 aliphatic carbocycles. The van der Waals surface area contributed by atoms with Gasteiger partial charge < -0.3 is 15.2 Å². The van der Waals surface area contributed by atoms with Gasteiger partial charge in [-0.2, -0.15) is 0 Å². The van der Waals surface area contributed by atoms with Crippen molar-refractivity contribution >= 4 is 11.9 Å². The molecule has 0 aromatic carbocycles. The summed E-state index contributed by atoms with van der Waals surface area (Å²) in [6, 6.07) is 3.55. The lowest BCUT2D eigenvalue weighted by molar-refractivity contribution is -0.140. The molecule has 1 aromatic heterocycles. The monoisotopic (exact) mass is 250 g/mol. The van der Waals surface area contributed by atoms with Crippen LogP contribution in [0.4, 0.5) is 0 Å². The van der Waals surface area contributed by atoms with E-state index in [2.05, 4.69) is 10.3 Å². The molecule has 2 N–H and O–H groups in total. The summed E-state index contributed by atoms with van der Waals surface area (Å²) >= 11 is 0. The molecular formula is C12H14N2O4. The van der Waals surface area contributed by atoms with Gasteiger partial charge in [0.25, 0.3) is 0 Å². The number of ether oxygens (including phenoxy) is 1. The van der Waals surface area contributed by atoms with Gasteiger partial charge in [-0.1, -0.05) is 6.07 Å². The molecule has 0 spiro atoms. The van der Waals surface area contributed by atoms with Crippen molar-refractivity contribution in [1.82, 2.24) is 10.3 Å². The van der Waals surface area contributed by atoms with Gasteiger partial charge in [-0.3, -0.25) is 9.59 Å². The maximum absolute atomic E-state index is 11.7. The van der Waals surface area contributed by atoms with E-state index in [4.69, 9.17) is 9.84 Å². The van der Waals surface area contributed by atoms with Crippen LogP contribution in [0.3, 0.4) is 0 Å². The quantitative estimate of drug-likeness (QED) is 0.791. The molecule has 18 heavy (non-hydrogen) atoms. The fourth-order valence-electron chi connectivity index (χ4n) is 1.81. The summed E-state index contributed by atoms with van der Waals surface area (Å²) in [6.45, 7) is 0.290. The van der Waals surface area contributed by atoms with Gasteiger partial charge in [0, 0.05) is 18.3 Å². The Hall–Kier alpha value is -2.11. The van der Waals surface area contributed by atoms with Crippen molar-refractivity contribution in [1.29, 1.82) is 0 Å². The molecule has 2 atom stereocenters. The maximum Gasteiger partial charge on any atom is 0.307 e. The molecule has 1 aromatic rings. The van der Waals surface area contributed by atoms with Crippen LogP contribution in [0.5, 0.6) is 5.88 Å². The molecule has 1 aliphatic rings. The standard InChI is InChI=1S/C12H14N2O4/c1-18-11-7(3-2-4-13-11)6-14-10(15)8-5-9(8)12(16)17/h2-4,8-9H,5-6H2,1H3,(H,14,15)(H,16,17)/t8-,9+/m1/s1. The molecule has 1 saturated carbocycles. The molecule has 0 bridgehead atoms. The summed E-state index contributed by atoms with van der Waals surface area (Å²) in [4.78, 5) is 26.3. The van der Waals surface area contributed by atoms with Crippen molar-refractivity contribution in [2.75, 3.05) is 7.11 Å². The average Bonchev–Trinajstić information content (AvgIpc) is 3.16. The lowest BCUT2D eigenvalue weighted by Crippen LogP contribution is -2.26. The normalized spacial score (nSPS) is 21.2. The second-order valence-electron chi connectivity index (χ2n) is 4.18. The Morgan fingerprint density at radius 2 is 2.33 bits per heavy atom. The van der Waals surface area contributed by atoms with Crippen LogP contribution in [0.1, 0.15) is 12.0 Å². The third kappa shape index (κ3) is 2.58. The zero-order valence-electron chi connectivity index (χ0n) is 9.92. The van der Waals surface area contributed by atoms with Crippen molar-refractivity contribution in [2.45, 2.75) is 13.0 Å². The highest BCUT2D eigenvalue weighted by Gasteiger charge is 2.48. The molecule has 0 unspecified atom stereocenters. The highest BCUT2D eigenvalue weighted by atomic mass is 16.5. The first-order chi connectivity index (χ1) is 8.63. The van der Waals surface area contributed by atoms with Gasteiger partial charge in [-0.15, -0.1) is 0 Å². The fourth-order valence-corrected chi connectivity index (χ4v) is 1.81. The number of aromatic nitrogens is 1. The summed E-state index contributed by atoms with van der Waals surface area (Å²) in [5, 5.41) is 11.4. The molecule has 1 heterocycles. The molecule has 96 valence electrons. The van der Waals surface area contributed by atoms with Crippen LogP contribution in [0.15, 0.2) is 18.3 Å². The molecule has 0 saturated heterocycles. The molecule has 6 nitrogen and oxygen atoms in total. The number of methoxy groups -OCH3 is 1. The van der Waals surface area contributed by atoms with Crippen molar-refractivity contribution in [3.05, 3.63) is 23.9 Å². The van der Waals surface area contributed by atoms with Gasteiger partial charge in [-0.25, -0.2) is 4.98 Å². The second kappa shape index (κ2) is 5.03. The van der Waals surface area contributed by atoms with E-state index in [1.165, 1.54) is 7.11 Å². The number of hydrogen-bond donors (Lipinski definition) is 2. The molecule has 1 fully saturated rings. The summed E-state index contributed by atoms with van der Waals surface area (Å²) in [5.74, 6) is -1.60. The third-order valence-electron chi connectivity index (χ3n) is 2.94. The minimum atomic E-state index is -0.908. The Labute approximate surface area is 104 Å². The molecule has 0 aliphatic heterocycles. The molecule has 6 heteroatoms. The van der Waals surface area contributed by atoms with Gasteiger partial charge in [0.15, 0.2) is 0 Å². The first kappa shape index (κ1) is 12.3. The number of hydrogen-bond acceptors (Lipinski definition) is 4. The van der Waals surface area contributed by atoms with E-state index in [1.807, 2.05) is 0 Å². The minimum Gasteiger partial charge on any atom is -0.481 e. The van der Waals surface area contributed by atoms with Crippen LogP contribution in [0.25, 0.3) is 0 Å². The summed E-state index contributed by atoms with van der Waals surface area (Å²) in [6.07, 6.45) is 2.02. The van der Waals surface area contributed by atoms with Gasteiger partial charge in [0.1, 0.15) is 0 Å². The van der Waals surface area contributed by atoms with E-state index in [0.29, 0.717) is 18.8 Å². The van der Waals surface area contributed by atoms with Crippen molar-refractivity contribution in [3.8, 4) is 5.88 Å². The highest BCUT2D eigenvalue weighted by molar-refractivity contribution is 5.89. The lowest BCUT2D eigenvalue weighted by Gasteiger charge is -2.08. The largest absolute Gasteiger partial charge is 0.481 e. The zero-order valence-corrected chi connectivity index (χ0v) is 9.92. The number of rotatable bonds is 5. The molecule has 2 rings (SSSR count). The number of carboxylic acids is 1. The summed E-state index contributed by atoms with van der Waals surface area (Å²) < 4.78 is 5.06. The van der Waals surface area contributed by atoms with Crippen LogP contribution in [-0.2, 0) is 16.1 Å². The van der Waals surface area contributed by atoms with Crippen molar-refractivity contribution < 1.29 is 19.4 Å². The van der Waals surface area contributed by atoms with Gasteiger partial charge in [0.2, 0.25) is 11.8 Å². The van der Waals surface area contributed by atoms with E-state index in [-0.39, 0.29) is 5.91 Å². The highest BCUT2D eigenvalue weighted by Crippen LogP contribution is 2.38. The van der Waals surface area contributed by atoms with Gasteiger partial charge in [0.05, 0.1) is 18.9 Å². The Balaban J connectivity index is 1.89. The smallest absolute Gasteiger partial charge is 0.307 e. The summed E-state index contributed by atoms with van der Waals surface area (Å²) in [7, 11) is 1.51. The Bertz CT molecular complexity index is 475. The first-order valence-electron chi connectivity index (χ1n) is 5.62. The first-order valence-corrected chi connectivity index (χ1v) is 5.62. The van der Waals surface area contributed by atoms with Crippen LogP contribution in [-0.4, -0.2) is 29.1 Å². The predicted molar refractivity (Wildman–Crippen MR) is 61.9 cm³/mol. The number of aliphatic carboxylic acids is 1. The molecule has 0 radical (unpaired) electrons. The van der Waals surface area contributed by atoms with Crippen LogP contribution < -0.4 is 10.1 Å². The number of nitrogens with one attached hydrogen (secondary N) is 1. The number of pyridine rings is 1. The topological polar surface area (TPSA) is 88.5 Å². The van der Waals surface area contributed by atoms with E-state index < -0.39 is 17.8 Å². The summed E-state index contributed by atoms with van der Waals surface area (Å²) in [5.41, 5.74) is 0.765. The Kier molecular flexibility index (Phi) is 3.45. The maximum atomic E-state index is 11.7. The van der Waals surface area contributed by atoms with E-state index in [1.54, 1.807) is 18.3 Å². The van der Waals surface area contributed by atoms with E-state index >= 15 is 0 Å². The minimum absolute atomic E-state index is 0.228. The lowest BCUT2D eigenvalue weighted by atomic mass is 10.2. The number of carbonyl (C=O) groups is 2. The van der Waals surface area contributed by atoms with E-state index in [0.717, 1.165) is 5.56 Å². The zero-order chi connectivity index (χ0) is 13.1. The Morgan fingerprint density at radius 3 is 2.94 bits per heavy atom. The predicted octanol–water partition coefficient (Wildman–Crippen LogP) is 0.427. The number of carbonyl (C=O) groups excluding carboxylic acids is 1. The molecular weight excluding hydrogens is 236 g/mol. The van der Waals surface area contributed by atoms with Crippen LogP contribution in [0.2, 0.25) is 0 Å². The number of nitrogens with zero attached hydrogens (tertiary/aromatic N) is 1. The Morgan fingerprint density at radius 1 is 1.56 bits per heavy atom. The van der Waals surface area contributed by atoms with E-state index in [9.17, 15) is 9.59 Å². The second-order valence-corrected chi connectivity index (χ2v) is 4.18. The number of amides is 1. The third-order valence-corrected chi connectivity index (χ3v) is 2.94. The average molecular weight is 250 g/mol. The SMILES string of the molecule is COc1ncccc1CNC(=O)[C@@H]1C[C@@H]1C(=O)O.